The quantitative estimate of drug-likeness (QED) is 0.800. The molecule has 7 nitrogen and oxygen atoms in total. The normalized spacial score (nSPS) is 14.9. The molecule has 0 aromatic carbocycles. The van der Waals surface area contributed by atoms with Crippen molar-refractivity contribution in [1.29, 1.82) is 0 Å². The number of pyridine rings is 1. The van der Waals surface area contributed by atoms with E-state index in [1.165, 1.54) is 0 Å². The summed E-state index contributed by atoms with van der Waals surface area (Å²) < 4.78 is 5.05. The lowest BCUT2D eigenvalue weighted by Crippen LogP contribution is -2.42. The molecule has 7 heteroatoms. The van der Waals surface area contributed by atoms with Gasteiger partial charge in [0.15, 0.2) is 0 Å². The Labute approximate surface area is 149 Å². The Morgan fingerprint density at radius 3 is 2.44 bits per heavy atom. The van der Waals surface area contributed by atoms with Crippen molar-refractivity contribution in [2.45, 2.75) is 33.6 Å². The van der Waals surface area contributed by atoms with E-state index in [2.05, 4.69) is 29.0 Å². The molecule has 1 aliphatic heterocycles. The lowest BCUT2D eigenvalue weighted by molar-refractivity contribution is -0.149. The van der Waals surface area contributed by atoms with E-state index in [1.54, 1.807) is 18.0 Å². The lowest BCUT2D eigenvalue weighted by atomic mass is 9.97. The van der Waals surface area contributed by atoms with Gasteiger partial charge in [0.05, 0.1) is 24.4 Å². The first kappa shape index (κ1) is 19.0. The van der Waals surface area contributed by atoms with E-state index in [1.807, 2.05) is 12.1 Å². The van der Waals surface area contributed by atoms with Crippen LogP contribution in [0.4, 0.5) is 16.3 Å². The third-order valence-corrected chi connectivity index (χ3v) is 4.49. The van der Waals surface area contributed by atoms with Crippen LogP contribution in [0.25, 0.3) is 0 Å². The Hall–Kier alpha value is -2.31. The topological polar surface area (TPSA) is 74.8 Å². The molecule has 1 saturated heterocycles. The fourth-order valence-electron chi connectivity index (χ4n) is 2.98. The molecule has 138 valence electrons. The number of carbonyl (C=O) groups excluding carboxylic acids is 2. The Kier molecular flexibility index (Phi) is 7.03. The molecule has 0 atom stereocenters. The highest BCUT2D eigenvalue weighted by atomic mass is 16.5. The zero-order valence-corrected chi connectivity index (χ0v) is 15.3. The van der Waals surface area contributed by atoms with E-state index in [-0.39, 0.29) is 17.9 Å². The number of hydrogen-bond acceptors (Lipinski definition) is 5. The van der Waals surface area contributed by atoms with E-state index in [9.17, 15) is 9.59 Å². The standard InChI is InChI=1S/C18H28N4O3/c1-4-21(5-2)16-8-7-15(13-19-16)20-18(24)22-11-9-14(10-12-22)17(23)25-6-3/h7-8,13-14H,4-6,9-12H2,1-3H3,(H,20,24). The minimum absolute atomic E-state index is 0.0981. The predicted octanol–water partition coefficient (Wildman–Crippen LogP) is 2.73. The van der Waals surface area contributed by atoms with Crippen LogP contribution >= 0.6 is 0 Å². The molecule has 2 heterocycles. The number of amides is 2. The predicted molar refractivity (Wildman–Crippen MR) is 97.7 cm³/mol. The largest absolute Gasteiger partial charge is 0.466 e. The highest BCUT2D eigenvalue weighted by molar-refractivity contribution is 5.89. The van der Waals surface area contributed by atoms with Crippen molar-refractivity contribution in [2.75, 3.05) is 43.0 Å². The van der Waals surface area contributed by atoms with Crippen LogP contribution in [0.5, 0.6) is 0 Å². The van der Waals surface area contributed by atoms with E-state index in [0.717, 1.165) is 18.9 Å². The average molecular weight is 348 g/mol. The maximum atomic E-state index is 12.4. The van der Waals surface area contributed by atoms with E-state index < -0.39 is 0 Å². The van der Waals surface area contributed by atoms with Crippen molar-refractivity contribution in [2.24, 2.45) is 5.92 Å². The second-order valence-electron chi connectivity index (χ2n) is 6.02. The molecule has 0 unspecified atom stereocenters. The molecule has 1 aromatic rings. The van der Waals surface area contributed by atoms with Crippen LogP contribution in [0, 0.1) is 5.92 Å². The summed E-state index contributed by atoms with van der Waals surface area (Å²) in [7, 11) is 0. The fraction of sp³-hybridized carbons (Fsp3) is 0.611. The Morgan fingerprint density at radius 2 is 1.92 bits per heavy atom. The first-order valence-electron chi connectivity index (χ1n) is 9.02. The molecule has 0 bridgehead atoms. The van der Waals surface area contributed by atoms with Crippen LogP contribution in [0.15, 0.2) is 18.3 Å². The average Bonchev–Trinajstić information content (AvgIpc) is 2.64. The van der Waals surface area contributed by atoms with Crippen LogP contribution in [0.1, 0.15) is 33.6 Å². The van der Waals surface area contributed by atoms with Crippen LogP contribution < -0.4 is 10.2 Å². The summed E-state index contributed by atoms with van der Waals surface area (Å²) in [5.41, 5.74) is 0.674. The van der Waals surface area contributed by atoms with Crippen molar-refractivity contribution in [3.8, 4) is 0 Å². The number of urea groups is 1. The monoisotopic (exact) mass is 348 g/mol. The van der Waals surface area contributed by atoms with Gasteiger partial charge in [0, 0.05) is 26.2 Å². The first-order chi connectivity index (χ1) is 12.1. The van der Waals surface area contributed by atoms with Crippen molar-refractivity contribution in [1.82, 2.24) is 9.88 Å². The highest BCUT2D eigenvalue weighted by Gasteiger charge is 2.28. The van der Waals surface area contributed by atoms with Crippen LogP contribution in [0.3, 0.4) is 0 Å². The zero-order chi connectivity index (χ0) is 18.2. The lowest BCUT2D eigenvalue weighted by Gasteiger charge is -2.30. The molecule has 0 aliphatic carbocycles. The van der Waals surface area contributed by atoms with E-state index in [4.69, 9.17) is 4.74 Å². The molecule has 1 N–H and O–H groups in total. The number of likely N-dealkylation sites (tertiary alicyclic amines) is 1. The van der Waals surface area contributed by atoms with Crippen LogP contribution in [0.2, 0.25) is 0 Å². The van der Waals surface area contributed by atoms with Crippen LogP contribution in [-0.4, -0.2) is 54.7 Å². The van der Waals surface area contributed by atoms with Gasteiger partial charge >= 0.3 is 12.0 Å². The van der Waals surface area contributed by atoms with Crippen LogP contribution in [-0.2, 0) is 9.53 Å². The van der Waals surface area contributed by atoms with Gasteiger partial charge in [-0.2, -0.15) is 0 Å². The zero-order valence-electron chi connectivity index (χ0n) is 15.3. The number of ether oxygens (including phenoxy) is 1. The van der Waals surface area contributed by atoms with Crippen molar-refractivity contribution < 1.29 is 14.3 Å². The molecule has 0 spiro atoms. The minimum atomic E-state index is -0.154. The summed E-state index contributed by atoms with van der Waals surface area (Å²) in [6, 6.07) is 3.62. The number of aromatic nitrogens is 1. The van der Waals surface area contributed by atoms with Crippen molar-refractivity contribution in [3.63, 3.8) is 0 Å². The summed E-state index contributed by atoms with van der Waals surface area (Å²) in [4.78, 5) is 32.4. The fourth-order valence-corrected chi connectivity index (χ4v) is 2.98. The maximum absolute atomic E-state index is 12.4. The summed E-state index contributed by atoms with van der Waals surface area (Å²) in [6.45, 7) is 9.27. The second kappa shape index (κ2) is 9.25. The van der Waals surface area contributed by atoms with Gasteiger partial charge in [-0.15, -0.1) is 0 Å². The Balaban J connectivity index is 1.85. The maximum Gasteiger partial charge on any atom is 0.321 e. The molecule has 2 rings (SSSR count). The number of rotatable bonds is 6. The molecule has 1 aliphatic rings. The Bertz CT molecular complexity index is 564. The van der Waals surface area contributed by atoms with Gasteiger partial charge in [-0.25, -0.2) is 9.78 Å². The molecule has 0 saturated carbocycles. The first-order valence-corrected chi connectivity index (χ1v) is 9.02. The third kappa shape index (κ3) is 5.08. The summed E-state index contributed by atoms with van der Waals surface area (Å²) in [5, 5.41) is 2.87. The molecule has 0 radical (unpaired) electrons. The SMILES string of the molecule is CCOC(=O)C1CCN(C(=O)Nc2ccc(N(CC)CC)nc2)CC1. The van der Waals surface area contributed by atoms with Gasteiger partial charge in [0.25, 0.3) is 0 Å². The summed E-state index contributed by atoms with van der Waals surface area (Å²) in [5.74, 6) is 0.649. The number of nitrogens with zero attached hydrogens (tertiary/aromatic N) is 3. The second-order valence-corrected chi connectivity index (χ2v) is 6.02. The van der Waals surface area contributed by atoms with Crippen molar-refractivity contribution in [3.05, 3.63) is 18.3 Å². The molecular formula is C18H28N4O3. The number of esters is 1. The van der Waals surface area contributed by atoms with Gasteiger partial charge in [-0.1, -0.05) is 0 Å². The number of piperidine rings is 1. The summed E-state index contributed by atoms with van der Waals surface area (Å²) in [6.07, 6.45) is 2.97. The van der Waals surface area contributed by atoms with Gasteiger partial charge in [0.1, 0.15) is 5.82 Å². The van der Waals surface area contributed by atoms with E-state index >= 15 is 0 Å². The molecule has 2 amide bonds. The van der Waals surface area contributed by atoms with Gasteiger partial charge in [-0.05, 0) is 45.7 Å². The molecule has 1 fully saturated rings. The smallest absolute Gasteiger partial charge is 0.321 e. The van der Waals surface area contributed by atoms with Gasteiger partial charge < -0.3 is 19.9 Å². The third-order valence-electron chi connectivity index (χ3n) is 4.49. The highest BCUT2D eigenvalue weighted by Crippen LogP contribution is 2.20. The summed E-state index contributed by atoms with van der Waals surface area (Å²) >= 11 is 0. The van der Waals surface area contributed by atoms with Gasteiger partial charge in [-0.3, -0.25) is 4.79 Å². The number of nitrogens with one attached hydrogen (secondary N) is 1. The van der Waals surface area contributed by atoms with E-state index in [0.29, 0.717) is 38.2 Å². The number of carbonyl (C=O) groups is 2. The molecule has 25 heavy (non-hydrogen) atoms. The minimum Gasteiger partial charge on any atom is -0.466 e. The van der Waals surface area contributed by atoms with Gasteiger partial charge in [0.2, 0.25) is 0 Å². The van der Waals surface area contributed by atoms with Crippen molar-refractivity contribution >= 4 is 23.5 Å². The number of anilines is 2. The molecular weight excluding hydrogens is 320 g/mol. The Morgan fingerprint density at radius 1 is 1.24 bits per heavy atom. The number of hydrogen-bond donors (Lipinski definition) is 1. The molecule has 1 aromatic heterocycles.